The summed E-state index contributed by atoms with van der Waals surface area (Å²) in [4.78, 5) is 5.68. The monoisotopic (exact) mass is 411 g/mol. The first-order valence-electron chi connectivity index (χ1n) is 10.3. The number of H-pyrrole nitrogens is 1. The van der Waals surface area contributed by atoms with Crippen molar-refractivity contribution < 1.29 is 4.21 Å². The maximum Gasteiger partial charge on any atom is 0.116 e. The molecule has 0 saturated heterocycles. The molecule has 0 unspecified atom stereocenters. The Hall–Kier alpha value is -1.65. The van der Waals surface area contributed by atoms with E-state index in [0.29, 0.717) is 16.6 Å². The SMILES string of the molecule is Cc1ccc([S@](=O)c2c([Si](C(C)C)(C(C)C)C(C)C)[nH]c3ccccc23)cc1. The van der Waals surface area contributed by atoms with Gasteiger partial charge in [-0.05, 0) is 41.7 Å². The Morgan fingerprint density at radius 2 is 1.36 bits per heavy atom. The summed E-state index contributed by atoms with van der Waals surface area (Å²) in [5.74, 6) is 0. The molecule has 1 heterocycles. The molecule has 2 nitrogen and oxygen atoms in total. The second kappa shape index (κ2) is 8.00. The Kier molecular flexibility index (Phi) is 6.02. The first-order chi connectivity index (χ1) is 13.2. The van der Waals surface area contributed by atoms with Crippen molar-refractivity contribution >= 4 is 35.1 Å². The van der Waals surface area contributed by atoms with Gasteiger partial charge in [-0.15, -0.1) is 0 Å². The lowest BCUT2D eigenvalue weighted by molar-refractivity contribution is 0.684. The molecule has 4 heteroatoms. The van der Waals surface area contributed by atoms with Crippen molar-refractivity contribution in [1.29, 1.82) is 0 Å². The molecule has 0 bridgehead atoms. The fourth-order valence-corrected chi connectivity index (χ4v) is 13.9. The normalized spacial score (nSPS) is 13.8. The van der Waals surface area contributed by atoms with Crippen LogP contribution < -0.4 is 5.32 Å². The summed E-state index contributed by atoms with van der Waals surface area (Å²) in [7, 11) is -3.19. The number of rotatable bonds is 6. The maximum atomic E-state index is 13.9. The highest BCUT2D eigenvalue weighted by molar-refractivity contribution is 7.85. The molecule has 0 amide bonds. The van der Waals surface area contributed by atoms with Crippen LogP contribution in [0.15, 0.2) is 58.3 Å². The quantitative estimate of drug-likeness (QED) is 0.460. The maximum absolute atomic E-state index is 13.9. The Morgan fingerprint density at radius 3 is 1.89 bits per heavy atom. The van der Waals surface area contributed by atoms with Crippen LogP contribution in [0.3, 0.4) is 0 Å². The van der Waals surface area contributed by atoms with Crippen molar-refractivity contribution in [2.45, 2.75) is 74.9 Å². The highest BCUT2D eigenvalue weighted by atomic mass is 32.2. The third kappa shape index (κ3) is 3.31. The van der Waals surface area contributed by atoms with Crippen LogP contribution in [-0.2, 0) is 10.8 Å². The van der Waals surface area contributed by atoms with Gasteiger partial charge in [0.25, 0.3) is 0 Å². The molecule has 150 valence electrons. The van der Waals surface area contributed by atoms with E-state index in [0.717, 1.165) is 20.7 Å². The van der Waals surface area contributed by atoms with E-state index in [2.05, 4.69) is 89.8 Å². The molecule has 0 fully saturated rings. The third-order valence-electron chi connectivity index (χ3n) is 6.38. The summed E-state index contributed by atoms with van der Waals surface area (Å²) < 4.78 is 13.9. The van der Waals surface area contributed by atoms with Gasteiger partial charge in [0, 0.05) is 21.1 Å². The van der Waals surface area contributed by atoms with Crippen LogP contribution in [0, 0.1) is 6.92 Å². The second-order valence-electron chi connectivity index (χ2n) is 8.85. The van der Waals surface area contributed by atoms with E-state index in [1.807, 2.05) is 12.1 Å². The van der Waals surface area contributed by atoms with Gasteiger partial charge in [0.05, 0.1) is 15.7 Å². The Labute approximate surface area is 173 Å². The van der Waals surface area contributed by atoms with Gasteiger partial charge in [-0.2, -0.15) is 0 Å². The number of hydrogen-bond donors (Lipinski definition) is 1. The lowest BCUT2D eigenvalue weighted by Gasteiger charge is -2.43. The predicted octanol–water partition coefficient (Wildman–Crippen LogP) is 6.53. The van der Waals surface area contributed by atoms with Crippen molar-refractivity contribution in [3.05, 3.63) is 54.1 Å². The Bertz CT molecular complexity index is 964. The molecular weight excluding hydrogens is 378 g/mol. The lowest BCUT2D eigenvalue weighted by atomic mass is 10.2. The van der Waals surface area contributed by atoms with Crippen LogP contribution >= 0.6 is 0 Å². The lowest BCUT2D eigenvalue weighted by Crippen LogP contribution is -2.57. The summed E-state index contributed by atoms with van der Waals surface area (Å²) in [5, 5.41) is 2.39. The number of aromatic amines is 1. The first-order valence-corrected chi connectivity index (χ1v) is 13.7. The molecule has 1 N–H and O–H groups in total. The average Bonchev–Trinajstić information content (AvgIpc) is 3.00. The predicted molar refractivity (Wildman–Crippen MR) is 125 cm³/mol. The van der Waals surface area contributed by atoms with E-state index in [1.54, 1.807) is 0 Å². The molecule has 0 saturated carbocycles. The summed E-state index contributed by atoms with van der Waals surface area (Å²) in [6.45, 7) is 16.2. The molecule has 0 aliphatic rings. The highest BCUT2D eigenvalue weighted by Crippen LogP contribution is 2.43. The first kappa shape index (κ1) is 21.1. The summed E-state index contributed by atoms with van der Waals surface area (Å²) in [6.07, 6.45) is 0. The Balaban J connectivity index is 2.36. The van der Waals surface area contributed by atoms with Gasteiger partial charge in [0.2, 0.25) is 0 Å². The van der Waals surface area contributed by atoms with Crippen LogP contribution in [-0.4, -0.2) is 17.3 Å². The number of hydrogen-bond acceptors (Lipinski definition) is 1. The zero-order chi connectivity index (χ0) is 20.6. The topological polar surface area (TPSA) is 32.9 Å². The minimum Gasteiger partial charge on any atom is -0.361 e. The summed E-state index contributed by atoms with van der Waals surface area (Å²) in [6, 6.07) is 16.5. The molecule has 1 aromatic heterocycles. The number of aromatic nitrogens is 1. The minimum atomic E-state index is -1.99. The second-order valence-corrected chi connectivity index (χ2v) is 16.1. The Morgan fingerprint density at radius 1 is 0.821 bits per heavy atom. The van der Waals surface area contributed by atoms with Gasteiger partial charge >= 0.3 is 0 Å². The molecule has 0 radical (unpaired) electrons. The molecule has 0 aliphatic carbocycles. The molecule has 1 atom stereocenters. The highest BCUT2D eigenvalue weighted by Gasteiger charge is 2.48. The molecule has 0 spiro atoms. The van der Waals surface area contributed by atoms with Gasteiger partial charge in [-0.3, -0.25) is 0 Å². The number of nitrogens with one attached hydrogen (secondary N) is 1. The molecule has 3 rings (SSSR count). The third-order valence-corrected chi connectivity index (χ3v) is 15.0. The average molecular weight is 412 g/mol. The summed E-state index contributed by atoms with van der Waals surface area (Å²) >= 11 is 0. The van der Waals surface area contributed by atoms with Crippen molar-refractivity contribution in [3.63, 3.8) is 0 Å². The van der Waals surface area contributed by atoms with Crippen LogP contribution in [0.25, 0.3) is 10.9 Å². The minimum absolute atomic E-state index is 0.550. The number of benzene rings is 2. The van der Waals surface area contributed by atoms with Crippen molar-refractivity contribution in [3.8, 4) is 0 Å². The molecule has 0 aliphatic heterocycles. The van der Waals surface area contributed by atoms with E-state index < -0.39 is 18.9 Å². The fraction of sp³-hybridized carbons (Fsp3) is 0.417. The van der Waals surface area contributed by atoms with Crippen LogP contribution in [0.4, 0.5) is 0 Å². The number of aryl methyl sites for hydroxylation is 1. The van der Waals surface area contributed by atoms with Gasteiger partial charge in [0.1, 0.15) is 8.07 Å². The number of fused-ring (bicyclic) bond motifs is 1. The zero-order valence-electron chi connectivity index (χ0n) is 18.2. The zero-order valence-corrected chi connectivity index (χ0v) is 20.0. The standard InChI is InChI=1S/C24H33NOSSi/c1-16(2)28(17(3)4,18(5)6)24-23(21-10-8-9-11-22(21)25-24)27(26)20-14-12-19(7)13-15-20/h8-18,25H,1-7H3/t27-/m0/s1. The smallest absolute Gasteiger partial charge is 0.116 e. The molecule has 3 aromatic rings. The van der Waals surface area contributed by atoms with E-state index >= 15 is 0 Å². The van der Waals surface area contributed by atoms with Crippen molar-refractivity contribution in [1.82, 2.24) is 4.98 Å². The van der Waals surface area contributed by atoms with E-state index in [9.17, 15) is 4.21 Å². The van der Waals surface area contributed by atoms with Crippen molar-refractivity contribution in [2.24, 2.45) is 0 Å². The van der Waals surface area contributed by atoms with Gasteiger partial charge < -0.3 is 4.98 Å². The largest absolute Gasteiger partial charge is 0.361 e. The molecular formula is C24H33NOSSi. The molecule has 28 heavy (non-hydrogen) atoms. The van der Waals surface area contributed by atoms with Crippen LogP contribution in [0.2, 0.25) is 16.6 Å². The summed E-state index contributed by atoms with van der Waals surface area (Å²) in [5.41, 5.74) is 3.94. The van der Waals surface area contributed by atoms with Gasteiger partial charge in [0.15, 0.2) is 0 Å². The van der Waals surface area contributed by atoms with Crippen LogP contribution in [0.5, 0.6) is 0 Å². The van der Waals surface area contributed by atoms with E-state index in [1.165, 1.54) is 10.9 Å². The van der Waals surface area contributed by atoms with Gasteiger partial charge in [-0.25, -0.2) is 4.21 Å². The molecule has 2 aromatic carbocycles. The van der Waals surface area contributed by atoms with Crippen molar-refractivity contribution in [2.75, 3.05) is 0 Å². The fourth-order valence-electron chi connectivity index (χ4n) is 5.26. The number of para-hydroxylation sites is 1. The van der Waals surface area contributed by atoms with E-state index in [4.69, 9.17) is 0 Å². The van der Waals surface area contributed by atoms with Crippen LogP contribution in [0.1, 0.15) is 47.1 Å². The van der Waals surface area contributed by atoms with Gasteiger partial charge in [-0.1, -0.05) is 77.4 Å². The van der Waals surface area contributed by atoms with E-state index in [-0.39, 0.29) is 0 Å².